The van der Waals surface area contributed by atoms with Gasteiger partial charge < -0.3 is 19.5 Å². The van der Waals surface area contributed by atoms with Crippen LogP contribution in [-0.4, -0.2) is 55.4 Å². The molecule has 2 aliphatic heterocycles. The van der Waals surface area contributed by atoms with Crippen LogP contribution in [0, 0.1) is 5.92 Å². The first-order valence-corrected chi connectivity index (χ1v) is 13.4. The molecule has 7 rings (SSSR count). The zero-order valence-corrected chi connectivity index (χ0v) is 21.9. The number of aromatic nitrogens is 4. The van der Waals surface area contributed by atoms with Crippen molar-refractivity contribution in [2.45, 2.75) is 38.4 Å². The fraction of sp³-hybridized carbons (Fsp3) is 0.310. The number of nitrogens with zero attached hydrogens (tertiary/aromatic N) is 5. The average Bonchev–Trinajstić information content (AvgIpc) is 3.51. The first-order chi connectivity index (χ1) is 19.4. The van der Waals surface area contributed by atoms with E-state index in [4.69, 9.17) is 4.74 Å². The molecule has 2 aromatic carbocycles. The highest BCUT2D eigenvalue weighted by Crippen LogP contribution is 2.35. The SMILES string of the molecule is CCOc1ccc2c(c1)C(=O)N(C[C@@]1(c3ccc(-c4ncnc5c4ncn5CC4CC4)cc3)NC(=O)NC1=O)C2. The van der Waals surface area contributed by atoms with Gasteiger partial charge in [0.2, 0.25) is 0 Å². The van der Waals surface area contributed by atoms with Crippen LogP contribution in [0.2, 0.25) is 0 Å². The van der Waals surface area contributed by atoms with Crippen LogP contribution >= 0.6 is 0 Å². The standard InChI is InChI=1S/C29H27N7O4/c1-2-40-21-10-7-19-13-35(26(37)22(19)11-21)14-29(27(38)33-28(39)34-29)20-8-5-18(6-9-20)23-24-25(31-15-30-23)36(16-32-24)12-17-3-4-17/h5-11,15-17H,2-4,12-14H2,1H3,(H2,33,34,38,39)/t29-/m0/s1. The molecule has 3 aliphatic rings. The van der Waals surface area contributed by atoms with Crippen LogP contribution in [0.25, 0.3) is 22.4 Å². The van der Waals surface area contributed by atoms with Gasteiger partial charge in [0.05, 0.1) is 19.5 Å². The zero-order valence-electron chi connectivity index (χ0n) is 21.9. The molecule has 0 unspecified atom stereocenters. The van der Waals surface area contributed by atoms with Gasteiger partial charge in [0.1, 0.15) is 23.3 Å². The van der Waals surface area contributed by atoms with E-state index in [-0.39, 0.29) is 12.5 Å². The first kappa shape index (κ1) is 24.3. The molecule has 0 bridgehead atoms. The number of fused-ring (bicyclic) bond motifs is 2. The van der Waals surface area contributed by atoms with E-state index in [1.165, 1.54) is 19.2 Å². The fourth-order valence-electron chi connectivity index (χ4n) is 5.62. The second kappa shape index (κ2) is 9.15. The van der Waals surface area contributed by atoms with E-state index in [1.54, 1.807) is 23.1 Å². The molecule has 4 heterocycles. The highest BCUT2D eigenvalue weighted by Gasteiger charge is 2.50. The molecule has 2 fully saturated rings. The maximum absolute atomic E-state index is 13.3. The lowest BCUT2D eigenvalue weighted by atomic mass is 9.88. The number of urea groups is 1. The Balaban J connectivity index is 1.20. The minimum Gasteiger partial charge on any atom is -0.494 e. The minimum absolute atomic E-state index is 0.0231. The monoisotopic (exact) mass is 537 g/mol. The van der Waals surface area contributed by atoms with Gasteiger partial charge >= 0.3 is 6.03 Å². The molecule has 2 aromatic heterocycles. The normalized spacial score (nSPS) is 20.1. The molecule has 0 spiro atoms. The van der Waals surface area contributed by atoms with Crippen molar-refractivity contribution in [1.82, 2.24) is 35.1 Å². The van der Waals surface area contributed by atoms with Crippen molar-refractivity contribution < 1.29 is 19.1 Å². The second-order valence-corrected chi connectivity index (χ2v) is 10.5. The van der Waals surface area contributed by atoms with Crippen molar-refractivity contribution >= 4 is 29.0 Å². The number of hydrogen-bond donors (Lipinski definition) is 2. The number of carbonyl (C=O) groups excluding carboxylic acids is 3. The van der Waals surface area contributed by atoms with Crippen LogP contribution in [0.3, 0.4) is 0 Å². The van der Waals surface area contributed by atoms with Gasteiger partial charge in [0, 0.05) is 24.2 Å². The van der Waals surface area contributed by atoms with Crippen molar-refractivity contribution in [1.29, 1.82) is 0 Å². The Morgan fingerprint density at radius 3 is 2.60 bits per heavy atom. The van der Waals surface area contributed by atoms with Crippen LogP contribution in [0.1, 0.15) is 41.3 Å². The third-order valence-corrected chi connectivity index (χ3v) is 7.84. The molecule has 0 radical (unpaired) electrons. The highest BCUT2D eigenvalue weighted by molar-refractivity contribution is 6.08. The topological polar surface area (TPSA) is 131 Å². The zero-order chi connectivity index (χ0) is 27.4. The van der Waals surface area contributed by atoms with Gasteiger partial charge in [-0.3, -0.25) is 14.9 Å². The lowest BCUT2D eigenvalue weighted by Crippen LogP contribution is -2.52. The van der Waals surface area contributed by atoms with E-state index in [1.807, 2.05) is 37.5 Å². The van der Waals surface area contributed by atoms with E-state index in [2.05, 4.69) is 30.2 Å². The summed E-state index contributed by atoms with van der Waals surface area (Å²) in [5.41, 5.74) is 3.50. The number of ether oxygens (including phenoxy) is 1. The molecule has 1 atom stereocenters. The molecule has 1 saturated carbocycles. The van der Waals surface area contributed by atoms with Crippen molar-refractivity contribution in [3.8, 4) is 17.0 Å². The van der Waals surface area contributed by atoms with Gasteiger partial charge in [-0.25, -0.2) is 19.7 Å². The molecule has 1 aliphatic carbocycles. The smallest absolute Gasteiger partial charge is 0.322 e. The number of amides is 4. The van der Waals surface area contributed by atoms with Crippen LogP contribution < -0.4 is 15.4 Å². The Morgan fingerprint density at radius 2 is 1.88 bits per heavy atom. The maximum Gasteiger partial charge on any atom is 0.322 e. The summed E-state index contributed by atoms with van der Waals surface area (Å²) in [6.45, 7) is 3.57. The van der Waals surface area contributed by atoms with Gasteiger partial charge in [-0.05, 0) is 48.9 Å². The van der Waals surface area contributed by atoms with Crippen LogP contribution in [0.4, 0.5) is 4.79 Å². The average molecular weight is 538 g/mol. The molecule has 2 N–H and O–H groups in total. The lowest BCUT2D eigenvalue weighted by Gasteiger charge is -2.31. The Hall–Kier alpha value is -4.80. The predicted octanol–water partition coefficient (Wildman–Crippen LogP) is 2.99. The summed E-state index contributed by atoms with van der Waals surface area (Å²) >= 11 is 0. The minimum atomic E-state index is -1.44. The molecule has 40 heavy (non-hydrogen) atoms. The first-order valence-electron chi connectivity index (χ1n) is 13.4. The number of benzene rings is 2. The third-order valence-electron chi connectivity index (χ3n) is 7.84. The van der Waals surface area contributed by atoms with E-state index in [9.17, 15) is 14.4 Å². The number of nitrogens with one attached hydrogen (secondary N) is 2. The predicted molar refractivity (Wildman–Crippen MR) is 144 cm³/mol. The molecular formula is C29H27N7O4. The lowest BCUT2D eigenvalue weighted by molar-refractivity contribution is -0.124. The Bertz CT molecular complexity index is 1680. The molecular weight excluding hydrogens is 510 g/mol. The quantitative estimate of drug-likeness (QED) is 0.330. The van der Waals surface area contributed by atoms with Crippen molar-refractivity contribution in [2.75, 3.05) is 13.2 Å². The van der Waals surface area contributed by atoms with Gasteiger partial charge in [0.25, 0.3) is 11.8 Å². The van der Waals surface area contributed by atoms with Gasteiger partial charge in [0.15, 0.2) is 11.2 Å². The molecule has 202 valence electrons. The van der Waals surface area contributed by atoms with Crippen LogP contribution in [0.15, 0.2) is 55.1 Å². The number of imide groups is 1. The Kier molecular flexibility index (Phi) is 5.55. The van der Waals surface area contributed by atoms with Crippen molar-refractivity contribution in [3.63, 3.8) is 0 Å². The van der Waals surface area contributed by atoms with Gasteiger partial charge in [-0.15, -0.1) is 0 Å². The summed E-state index contributed by atoms with van der Waals surface area (Å²) in [6, 6.07) is 12.1. The number of imidazole rings is 1. The van der Waals surface area contributed by atoms with E-state index in [0.717, 1.165) is 23.3 Å². The van der Waals surface area contributed by atoms with Crippen LogP contribution in [0.5, 0.6) is 5.75 Å². The van der Waals surface area contributed by atoms with Crippen molar-refractivity contribution in [3.05, 3.63) is 71.8 Å². The number of rotatable bonds is 8. The van der Waals surface area contributed by atoms with Crippen LogP contribution in [-0.2, 0) is 23.4 Å². The van der Waals surface area contributed by atoms with E-state index < -0.39 is 17.5 Å². The molecule has 11 heteroatoms. The highest BCUT2D eigenvalue weighted by atomic mass is 16.5. The Morgan fingerprint density at radius 1 is 1.05 bits per heavy atom. The third kappa shape index (κ3) is 3.96. The summed E-state index contributed by atoms with van der Waals surface area (Å²) in [7, 11) is 0. The Labute approximate surface area is 229 Å². The summed E-state index contributed by atoms with van der Waals surface area (Å²) in [5, 5.41) is 5.15. The molecule has 11 nitrogen and oxygen atoms in total. The molecule has 4 amide bonds. The van der Waals surface area contributed by atoms with Gasteiger partial charge in [-0.1, -0.05) is 30.3 Å². The van der Waals surface area contributed by atoms with E-state index >= 15 is 0 Å². The summed E-state index contributed by atoms with van der Waals surface area (Å²) in [4.78, 5) is 54.1. The largest absolute Gasteiger partial charge is 0.494 e. The summed E-state index contributed by atoms with van der Waals surface area (Å²) in [5.74, 6) is 0.574. The number of carbonyl (C=O) groups is 3. The maximum atomic E-state index is 13.3. The van der Waals surface area contributed by atoms with Crippen molar-refractivity contribution in [2.24, 2.45) is 5.92 Å². The summed E-state index contributed by atoms with van der Waals surface area (Å²) < 4.78 is 7.63. The fourth-order valence-corrected chi connectivity index (χ4v) is 5.62. The van der Waals surface area contributed by atoms with E-state index in [0.29, 0.717) is 47.2 Å². The molecule has 4 aromatic rings. The summed E-state index contributed by atoms with van der Waals surface area (Å²) in [6.07, 6.45) is 5.81. The molecule has 1 saturated heterocycles. The number of hydrogen-bond acceptors (Lipinski definition) is 7. The second-order valence-electron chi connectivity index (χ2n) is 10.5. The van der Waals surface area contributed by atoms with Gasteiger partial charge in [-0.2, -0.15) is 0 Å².